The molecule has 0 spiro atoms. The van der Waals surface area contributed by atoms with E-state index in [0.29, 0.717) is 11.6 Å². The van der Waals surface area contributed by atoms with Crippen LogP contribution in [0.5, 0.6) is 0 Å². The lowest BCUT2D eigenvalue weighted by molar-refractivity contribution is -0.384. The van der Waals surface area contributed by atoms with Crippen molar-refractivity contribution < 1.29 is 32.1 Å². The largest absolute Gasteiger partial charge is 0.416 e. The quantitative estimate of drug-likeness (QED) is 0.398. The minimum absolute atomic E-state index is 0.0551. The minimum atomic E-state index is -4.70. The summed E-state index contributed by atoms with van der Waals surface area (Å²) in [7, 11) is 0. The van der Waals surface area contributed by atoms with Gasteiger partial charge >= 0.3 is 6.18 Å². The van der Waals surface area contributed by atoms with Crippen molar-refractivity contribution in [2.45, 2.75) is 25.4 Å². The molecule has 2 amide bonds. The van der Waals surface area contributed by atoms with E-state index in [2.05, 4.69) is 10.9 Å². The first-order valence-corrected chi connectivity index (χ1v) is 9.98. The lowest BCUT2D eigenvalue weighted by atomic mass is 9.95. The van der Waals surface area contributed by atoms with Crippen LogP contribution in [0.3, 0.4) is 0 Å². The smallest absolute Gasteiger partial charge is 0.366 e. The van der Waals surface area contributed by atoms with Gasteiger partial charge in [0, 0.05) is 25.1 Å². The lowest BCUT2D eigenvalue weighted by Crippen LogP contribution is -2.47. The zero-order chi connectivity index (χ0) is 24.2. The molecule has 0 unspecified atom stereocenters. The van der Waals surface area contributed by atoms with E-state index in [1.54, 1.807) is 4.90 Å². The molecule has 1 aliphatic rings. The average Bonchev–Trinajstić information content (AvgIpc) is 2.78. The van der Waals surface area contributed by atoms with Gasteiger partial charge in [-0.15, -0.1) is 0 Å². The molecule has 0 aliphatic carbocycles. The Morgan fingerprint density at radius 1 is 1.06 bits per heavy atom. The molecular weight excluding hydrogens is 448 g/mol. The van der Waals surface area contributed by atoms with E-state index < -0.39 is 45.9 Å². The third-order valence-electron chi connectivity index (χ3n) is 5.31. The second-order valence-electron chi connectivity index (χ2n) is 7.56. The fraction of sp³-hybridized carbons (Fsp3) is 0.333. The number of nitro groups is 1. The van der Waals surface area contributed by atoms with Gasteiger partial charge in [0.2, 0.25) is 11.8 Å². The van der Waals surface area contributed by atoms with Crippen molar-refractivity contribution in [1.82, 2.24) is 10.9 Å². The number of anilines is 1. The van der Waals surface area contributed by atoms with E-state index in [9.17, 15) is 37.3 Å². The number of nitrogens with zero attached hydrogens (tertiary/aromatic N) is 2. The average molecular weight is 468 g/mol. The van der Waals surface area contributed by atoms with Crippen molar-refractivity contribution >= 4 is 23.2 Å². The molecule has 8 nitrogen and oxygen atoms in total. The number of nitrogens with one attached hydrogen (secondary N) is 2. The molecule has 2 N–H and O–H groups in total. The molecule has 1 fully saturated rings. The van der Waals surface area contributed by atoms with Crippen LogP contribution in [0.15, 0.2) is 42.5 Å². The molecule has 33 heavy (non-hydrogen) atoms. The minimum Gasteiger partial charge on any atom is -0.366 e. The molecule has 2 aromatic rings. The molecule has 1 saturated heterocycles. The van der Waals surface area contributed by atoms with Crippen LogP contribution in [0.4, 0.5) is 28.9 Å². The van der Waals surface area contributed by atoms with Gasteiger partial charge in [0.1, 0.15) is 11.5 Å². The highest BCUT2D eigenvalue weighted by molar-refractivity contribution is 5.84. The van der Waals surface area contributed by atoms with Gasteiger partial charge < -0.3 is 4.90 Å². The monoisotopic (exact) mass is 468 g/mol. The summed E-state index contributed by atoms with van der Waals surface area (Å²) in [6, 6.07) is 7.70. The number of nitro benzene ring substituents is 1. The molecule has 12 heteroatoms. The SMILES string of the molecule is O=C(Cc1ccc(F)cc1)NNC(=O)C1CCN(c2ccc(C(F)(F)F)cc2[N+](=O)[O-])CC1. The van der Waals surface area contributed by atoms with Crippen molar-refractivity contribution in [2.24, 2.45) is 5.92 Å². The second kappa shape index (κ2) is 9.84. The number of hydrogen-bond donors (Lipinski definition) is 2. The number of piperidine rings is 1. The highest BCUT2D eigenvalue weighted by atomic mass is 19.4. The fourth-order valence-electron chi connectivity index (χ4n) is 3.56. The molecular formula is C21H20F4N4O4. The van der Waals surface area contributed by atoms with E-state index in [1.165, 1.54) is 24.3 Å². The van der Waals surface area contributed by atoms with Crippen molar-refractivity contribution in [3.05, 3.63) is 69.5 Å². The molecule has 1 aliphatic heterocycles. The Kier molecular flexibility index (Phi) is 7.14. The second-order valence-corrected chi connectivity index (χ2v) is 7.56. The molecule has 0 atom stereocenters. The first-order valence-electron chi connectivity index (χ1n) is 9.98. The summed E-state index contributed by atoms with van der Waals surface area (Å²) >= 11 is 0. The van der Waals surface area contributed by atoms with E-state index in [4.69, 9.17) is 0 Å². The summed E-state index contributed by atoms with van der Waals surface area (Å²) in [5.74, 6) is -1.85. The number of benzene rings is 2. The molecule has 1 heterocycles. The summed E-state index contributed by atoms with van der Waals surface area (Å²) in [5, 5.41) is 11.3. The van der Waals surface area contributed by atoms with E-state index in [0.717, 1.165) is 12.1 Å². The van der Waals surface area contributed by atoms with Crippen LogP contribution >= 0.6 is 0 Å². The Morgan fingerprint density at radius 3 is 2.27 bits per heavy atom. The number of rotatable bonds is 5. The van der Waals surface area contributed by atoms with Gasteiger partial charge in [-0.3, -0.25) is 30.6 Å². The van der Waals surface area contributed by atoms with Crippen LogP contribution in [0, 0.1) is 21.8 Å². The third-order valence-corrected chi connectivity index (χ3v) is 5.31. The topological polar surface area (TPSA) is 105 Å². The maximum absolute atomic E-state index is 12.9. The number of carbonyl (C=O) groups is 2. The maximum Gasteiger partial charge on any atom is 0.416 e. The van der Waals surface area contributed by atoms with E-state index >= 15 is 0 Å². The van der Waals surface area contributed by atoms with E-state index in [-0.39, 0.29) is 38.0 Å². The number of hydrogen-bond acceptors (Lipinski definition) is 5. The highest BCUT2D eigenvalue weighted by Gasteiger charge is 2.35. The van der Waals surface area contributed by atoms with Crippen molar-refractivity contribution in [1.29, 1.82) is 0 Å². The molecule has 2 aromatic carbocycles. The van der Waals surface area contributed by atoms with Crippen molar-refractivity contribution in [3.63, 3.8) is 0 Å². The summed E-state index contributed by atoms with van der Waals surface area (Å²) < 4.78 is 51.6. The number of carbonyl (C=O) groups excluding carboxylic acids is 2. The van der Waals surface area contributed by atoms with Gasteiger partial charge in [-0.05, 0) is 42.7 Å². The lowest BCUT2D eigenvalue weighted by Gasteiger charge is -2.32. The number of amides is 2. The molecule has 3 rings (SSSR count). The Hall–Kier alpha value is -3.70. The predicted molar refractivity (Wildman–Crippen MR) is 109 cm³/mol. The number of halogens is 4. The Morgan fingerprint density at radius 2 is 1.70 bits per heavy atom. The van der Waals surface area contributed by atoms with Gasteiger partial charge in [-0.1, -0.05) is 12.1 Å². The van der Waals surface area contributed by atoms with Gasteiger partial charge in [0.15, 0.2) is 0 Å². The fourth-order valence-corrected chi connectivity index (χ4v) is 3.56. The molecule has 0 saturated carbocycles. The zero-order valence-corrected chi connectivity index (χ0v) is 17.2. The van der Waals surface area contributed by atoms with Crippen LogP contribution in [-0.4, -0.2) is 29.8 Å². The Bertz CT molecular complexity index is 1040. The van der Waals surface area contributed by atoms with E-state index in [1.807, 2.05) is 0 Å². The Labute approximate surface area is 185 Å². The maximum atomic E-state index is 12.9. The van der Waals surface area contributed by atoms with Crippen LogP contribution in [0.2, 0.25) is 0 Å². The van der Waals surface area contributed by atoms with Gasteiger partial charge in [0.25, 0.3) is 5.69 Å². The van der Waals surface area contributed by atoms with Crippen LogP contribution in [-0.2, 0) is 22.2 Å². The summed E-state index contributed by atoms with van der Waals surface area (Å²) in [6.45, 7) is 0.432. The number of alkyl halides is 3. The van der Waals surface area contributed by atoms with Crippen molar-refractivity contribution in [3.8, 4) is 0 Å². The Balaban J connectivity index is 1.54. The molecule has 176 valence electrons. The molecule has 0 aromatic heterocycles. The molecule has 0 bridgehead atoms. The standard InChI is InChI=1S/C21H20F4N4O4/c22-16-4-1-13(2-5-16)11-19(30)26-27-20(31)14-7-9-28(10-8-14)17-6-3-15(21(23,24)25)12-18(17)29(32)33/h1-6,12,14H,7-11H2,(H,26,30)(H,27,31). The first-order chi connectivity index (χ1) is 15.5. The van der Waals surface area contributed by atoms with Crippen LogP contribution in [0.1, 0.15) is 24.0 Å². The highest BCUT2D eigenvalue weighted by Crippen LogP contribution is 2.37. The number of hydrazine groups is 1. The van der Waals surface area contributed by atoms with Gasteiger partial charge in [-0.2, -0.15) is 13.2 Å². The summed E-state index contributed by atoms with van der Waals surface area (Å²) in [5.41, 5.74) is 3.48. The van der Waals surface area contributed by atoms with Crippen LogP contribution < -0.4 is 15.8 Å². The van der Waals surface area contributed by atoms with Crippen LogP contribution in [0.25, 0.3) is 0 Å². The zero-order valence-electron chi connectivity index (χ0n) is 17.2. The normalized spacial score (nSPS) is 14.6. The predicted octanol–water partition coefficient (Wildman–Crippen LogP) is 3.36. The third kappa shape index (κ3) is 6.18. The summed E-state index contributed by atoms with van der Waals surface area (Å²) in [4.78, 5) is 36.3. The van der Waals surface area contributed by atoms with Gasteiger partial charge in [0.05, 0.1) is 16.9 Å². The first kappa shape index (κ1) is 24.0. The van der Waals surface area contributed by atoms with Crippen molar-refractivity contribution in [2.75, 3.05) is 18.0 Å². The summed E-state index contributed by atoms with van der Waals surface area (Å²) in [6.07, 6.45) is -4.18. The van der Waals surface area contributed by atoms with Gasteiger partial charge in [-0.25, -0.2) is 4.39 Å². The molecule has 0 radical (unpaired) electrons.